The number of allylic oxidation sites excluding steroid dienone is 1. The molecule has 0 saturated carbocycles. The summed E-state index contributed by atoms with van der Waals surface area (Å²) < 4.78 is 17.2. The van der Waals surface area contributed by atoms with E-state index in [1.807, 2.05) is 42.5 Å². The Hall–Kier alpha value is -3.64. The first-order valence-corrected chi connectivity index (χ1v) is 9.69. The van der Waals surface area contributed by atoms with E-state index in [0.29, 0.717) is 30.3 Å². The second-order valence-electron chi connectivity index (χ2n) is 7.25. The predicted octanol–water partition coefficient (Wildman–Crippen LogP) is 4.06. The molecular weight excluding hydrogens is 380 g/mol. The van der Waals surface area contributed by atoms with Gasteiger partial charge < -0.3 is 14.2 Å². The molecule has 0 radical (unpaired) electrons. The molecule has 150 valence electrons. The maximum absolute atomic E-state index is 12.8. The molecule has 5 rings (SSSR count). The molecule has 0 saturated heterocycles. The number of fused-ring (bicyclic) bond motifs is 3. The van der Waals surface area contributed by atoms with Gasteiger partial charge >= 0.3 is 0 Å². The van der Waals surface area contributed by atoms with Crippen LogP contribution in [0.5, 0.6) is 17.2 Å². The Morgan fingerprint density at radius 2 is 1.90 bits per heavy atom. The van der Waals surface area contributed by atoms with Crippen molar-refractivity contribution >= 4 is 11.9 Å². The van der Waals surface area contributed by atoms with Gasteiger partial charge in [0, 0.05) is 25.5 Å². The van der Waals surface area contributed by atoms with E-state index < -0.39 is 0 Å². The second kappa shape index (κ2) is 7.65. The standard InChI is InChI=1S/C24H20N2O4/c1-28-18-4-2-17(3-5-18)13-26-14-20-21(29-15-26)7-6-19-23(27)22(30-24(19)20)12-16-8-10-25-11-9-16/h2-12H,13-15H2,1H3. The van der Waals surface area contributed by atoms with Crippen LogP contribution >= 0.6 is 0 Å². The van der Waals surface area contributed by atoms with Gasteiger partial charge in [-0.15, -0.1) is 0 Å². The van der Waals surface area contributed by atoms with Gasteiger partial charge in [0.2, 0.25) is 5.78 Å². The van der Waals surface area contributed by atoms with Gasteiger partial charge in [0.25, 0.3) is 0 Å². The Bertz CT molecular complexity index is 1120. The van der Waals surface area contributed by atoms with E-state index in [9.17, 15) is 4.79 Å². The van der Waals surface area contributed by atoms with E-state index in [0.717, 1.165) is 34.7 Å². The Morgan fingerprint density at radius 3 is 2.67 bits per heavy atom. The molecule has 0 atom stereocenters. The molecule has 0 spiro atoms. The monoisotopic (exact) mass is 400 g/mol. The number of ketones is 1. The molecular formula is C24H20N2O4. The van der Waals surface area contributed by atoms with E-state index in [1.54, 1.807) is 31.6 Å². The Balaban J connectivity index is 1.39. The molecule has 0 fully saturated rings. The summed E-state index contributed by atoms with van der Waals surface area (Å²) in [7, 11) is 1.66. The van der Waals surface area contributed by atoms with Crippen LogP contribution in [0.3, 0.4) is 0 Å². The number of carbonyl (C=O) groups excluding carboxylic acids is 1. The van der Waals surface area contributed by atoms with E-state index >= 15 is 0 Å². The molecule has 1 aromatic heterocycles. The average Bonchev–Trinajstić information content (AvgIpc) is 3.11. The highest BCUT2D eigenvalue weighted by Gasteiger charge is 2.33. The van der Waals surface area contributed by atoms with Crippen LogP contribution in [0.25, 0.3) is 6.08 Å². The SMILES string of the molecule is COc1ccc(CN2COc3ccc4c(c3C2)OC(=Cc2ccncc2)C4=O)cc1. The summed E-state index contributed by atoms with van der Waals surface area (Å²) in [4.78, 5) is 19.0. The second-order valence-corrected chi connectivity index (χ2v) is 7.25. The van der Waals surface area contributed by atoms with Crippen molar-refractivity contribution in [3.63, 3.8) is 0 Å². The first-order chi connectivity index (χ1) is 14.7. The first-order valence-electron chi connectivity index (χ1n) is 9.69. The number of ether oxygens (including phenoxy) is 3. The van der Waals surface area contributed by atoms with Gasteiger partial charge in [-0.25, -0.2) is 0 Å². The van der Waals surface area contributed by atoms with Crippen molar-refractivity contribution in [2.24, 2.45) is 0 Å². The summed E-state index contributed by atoms with van der Waals surface area (Å²) >= 11 is 0. The molecule has 30 heavy (non-hydrogen) atoms. The van der Waals surface area contributed by atoms with Crippen LogP contribution in [0.2, 0.25) is 0 Å². The molecule has 0 N–H and O–H groups in total. The van der Waals surface area contributed by atoms with Crippen molar-refractivity contribution in [3.8, 4) is 17.2 Å². The molecule has 0 aliphatic carbocycles. The number of hydrogen-bond acceptors (Lipinski definition) is 6. The molecule has 2 aliphatic heterocycles. The highest BCUT2D eigenvalue weighted by atomic mass is 16.5. The van der Waals surface area contributed by atoms with Crippen molar-refractivity contribution in [1.29, 1.82) is 0 Å². The van der Waals surface area contributed by atoms with E-state index in [4.69, 9.17) is 14.2 Å². The summed E-state index contributed by atoms with van der Waals surface area (Å²) in [5.74, 6) is 2.39. The molecule has 0 bridgehead atoms. The fourth-order valence-corrected chi connectivity index (χ4v) is 3.71. The van der Waals surface area contributed by atoms with Gasteiger partial charge in [-0.2, -0.15) is 0 Å². The van der Waals surface area contributed by atoms with Crippen LogP contribution in [-0.2, 0) is 13.1 Å². The lowest BCUT2D eigenvalue weighted by atomic mass is 10.0. The van der Waals surface area contributed by atoms with Gasteiger partial charge in [-0.3, -0.25) is 14.7 Å². The molecule has 2 aliphatic rings. The molecule has 0 amide bonds. The molecule has 3 heterocycles. The van der Waals surface area contributed by atoms with Gasteiger partial charge in [-0.1, -0.05) is 12.1 Å². The average molecular weight is 400 g/mol. The minimum atomic E-state index is -0.114. The summed E-state index contributed by atoms with van der Waals surface area (Å²) in [6.45, 7) is 1.84. The summed E-state index contributed by atoms with van der Waals surface area (Å²) in [6, 6.07) is 15.3. The minimum Gasteiger partial charge on any atom is -0.497 e. The molecule has 6 heteroatoms. The van der Waals surface area contributed by atoms with Gasteiger partial charge in [-0.05, 0) is 53.6 Å². The lowest BCUT2D eigenvalue weighted by molar-refractivity contribution is 0.0872. The molecule has 0 unspecified atom stereocenters. The number of nitrogens with zero attached hydrogens (tertiary/aromatic N) is 2. The van der Waals surface area contributed by atoms with Crippen LogP contribution in [0, 0.1) is 0 Å². The van der Waals surface area contributed by atoms with Crippen molar-refractivity contribution < 1.29 is 19.0 Å². The number of carbonyl (C=O) groups is 1. The molecule has 6 nitrogen and oxygen atoms in total. The van der Waals surface area contributed by atoms with Crippen molar-refractivity contribution in [2.75, 3.05) is 13.8 Å². The minimum absolute atomic E-state index is 0.114. The number of aromatic nitrogens is 1. The van der Waals surface area contributed by atoms with E-state index in [1.165, 1.54) is 0 Å². The zero-order valence-electron chi connectivity index (χ0n) is 16.5. The summed E-state index contributed by atoms with van der Waals surface area (Å²) in [6.07, 6.45) is 5.12. The maximum Gasteiger partial charge on any atom is 0.231 e. The number of benzene rings is 2. The van der Waals surface area contributed by atoms with E-state index in [-0.39, 0.29) is 5.78 Å². The Labute approximate surface area is 174 Å². The van der Waals surface area contributed by atoms with Crippen LogP contribution in [-0.4, -0.2) is 29.5 Å². The number of rotatable bonds is 4. The van der Waals surface area contributed by atoms with Crippen molar-refractivity contribution in [1.82, 2.24) is 9.88 Å². The third kappa shape index (κ3) is 3.42. The quantitative estimate of drug-likeness (QED) is 0.616. The Morgan fingerprint density at radius 1 is 1.10 bits per heavy atom. The van der Waals surface area contributed by atoms with E-state index in [2.05, 4.69) is 9.88 Å². The zero-order valence-corrected chi connectivity index (χ0v) is 16.5. The normalized spacial score (nSPS) is 16.6. The summed E-state index contributed by atoms with van der Waals surface area (Å²) in [5.41, 5.74) is 3.50. The predicted molar refractivity (Wildman–Crippen MR) is 111 cm³/mol. The van der Waals surface area contributed by atoms with Crippen LogP contribution in [0.1, 0.15) is 27.0 Å². The molecule has 2 aromatic carbocycles. The first kappa shape index (κ1) is 18.4. The number of methoxy groups -OCH3 is 1. The van der Waals surface area contributed by atoms with Crippen LogP contribution < -0.4 is 14.2 Å². The molecule has 3 aromatic rings. The number of pyridine rings is 1. The largest absolute Gasteiger partial charge is 0.497 e. The highest BCUT2D eigenvalue weighted by Crippen LogP contribution is 2.42. The van der Waals surface area contributed by atoms with Crippen molar-refractivity contribution in [3.05, 3.63) is 88.9 Å². The van der Waals surface area contributed by atoms with Gasteiger partial charge in [0.1, 0.15) is 24.0 Å². The third-order valence-electron chi connectivity index (χ3n) is 5.25. The third-order valence-corrected chi connectivity index (χ3v) is 5.25. The smallest absolute Gasteiger partial charge is 0.231 e. The summed E-state index contributed by atoms with van der Waals surface area (Å²) in [5, 5.41) is 0. The fraction of sp³-hybridized carbons (Fsp3) is 0.167. The Kier molecular flexibility index (Phi) is 4.69. The zero-order chi connectivity index (χ0) is 20.5. The van der Waals surface area contributed by atoms with Crippen LogP contribution in [0.15, 0.2) is 66.7 Å². The number of Topliss-reactive ketones (excluding diaryl/α,β-unsaturated/α-hetero) is 1. The fourth-order valence-electron chi connectivity index (χ4n) is 3.71. The number of hydrogen-bond donors (Lipinski definition) is 0. The van der Waals surface area contributed by atoms with Gasteiger partial charge in [0.15, 0.2) is 5.76 Å². The lowest BCUT2D eigenvalue weighted by Gasteiger charge is -2.29. The van der Waals surface area contributed by atoms with Crippen molar-refractivity contribution in [2.45, 2.75) is 13.1 Å². The van der Waals surface area contributed by atoms with Gasteiger partial charge in [0.05, 0.1) is 18.2 Å². The van der Waals surface area contributed by atoms with Crippen LogP contribution in [0.4, 0.5) is 0 Å². The lowest BCUT2D eigenvalue weighted by Crippen LogP contribution is -2.31. The highest BCUT2D eigenvalue weighted by molar-refractivity contribution is 6.15. The maximum atomic E-state index is 12.8. The topological polar surface area (TPSA) is 60.9 Å².